The van der Waals surface area contributed by atoms with Gasteiger partial charge in [0.05, 0.1) is 0 Å². The Balaban J connectivity index is 2.43. The summed E-state index contributed by atoms with van der Waals surface area (Å²) in [7, 11) is 2.19. The van der Waals surface area contributed by atoms with Crippen molar-refractivity contribution >= 4 is 19.2 Å². The summed E-state index contributed by atoms with van der Waals surface area (Å²) in [6.45, 7) is 16.6. The van der Waals surface area contributed by atoms with E-state index in [1.807, 2.05) is 0 Å². The third kappa shape index (κ3) is 6.58. The summed E-state index contributed by atoms with van der Waals surface area (Å²) in [6.07, 6.45) is 0. The maximum absolute atomic E-state index is 5.98. The molecule has 0 radical (unpaired) electrons. The first-order valence-corrected chi connectivity index (χ1v) is 10.9. The van der Waals surface area contributed by atoms with Crippen molar-refractivity contribution in [3.63, 3.8) is 0 Å². The zero-order chi connectivity index (χ0) is 20.9. The molecule has 0 saturated carbocycles. The molecule has 2 aromatic rings. The Hall–Kier alpha value is -1.41. The molecular weight excluding hydrogens is 365 g/mol. The second kappa shape index (κ2) is 9.39. The molecule has 4 heteroatoms. The Morgan fingerprint density at radius 1 is 0.964 bits per heavy atom. The van der Waals surface area contributed by atoms with E-state index in [0.717, 1.165) is 17.9 Å². The monoisotopic (exact) mass is 401 g/mol. The zero-order valence-corrected chi connectivity index (χ0v) is 19.7. The Morgan fingerprint density at radius 3 is 2.25 bits per heavy atom. The van der Waals surface area contributed by atoms with Crippen molar-refractivity contribution in [2.45, 2.75) is 66.0 Å². The van der Waals surface area contributed by atoms with Crippen LogP contribution in [-0.2, 0) is 16.7 Å². The number of hydrogen-bond donors (Lipinski definition) is 1. The molecule has 0 aromatic heterocycles. The molecule has 0 amide bonds. The van der Waals surface area contributed by atoms with Gasteiger partial charge in [0.2, 0.25) is 0 Å². The number of nitrogens with one attached hydrogen (secondary N) is 1. The summed E-state index contributed by atoms with van der Waals surface area (Å²) >= 11 is 0. The van der Waals surface area contributed by atoms with Gasteiger partial charge in [0.15, 0.2) is 6.79 Å². The van der Waals surface area contributed by atoms with E-state index < -0.39 is 0 Å². The lowest BCUT2D eigenvalue weighted by atomic mass is 9.86. The molecule has 2 rings (SSSR count). The highest BCUT2D eigenvalue weighted by Crippen LogP contribution is 2.31. The zero-order valence-electron chi connectivity index (χ0n) is 18.7. The van der Waals surface area contributed by atoms with Crippen molar-refractivity contribution in [1.29, 1.82) is 0 Å². The van der Waals surface area contributed by atoms with E-state index in [1.165, 1.54) is 21.7 Å². The van der Waals surface area contributed by atoms with E-state index >= 15 is 0 Å². The first-order chi connectivity index (χ1) is 13.0. The average Bonchev–Trinajstić information content (AvgIpc) is 2.58. The van der Waals surface area contributed by atoms with E-state index in [4.69, 9.17) is 9.47 Å². The lowest BCUT2D eigenvalue weighted by Crippen LogP contribution is -2.36. The first-order valence-electron chi connectivity index (χ1n) is 9.88. The molecule has 154 valence electrons. The van der Waals surface area contributed by atoms with Gasteiger partial charge in [-0.3, -0.25) is 0 Å². The molecule has 0 saturated heterocycles. The van der Waals surface area contributed by atoms with Gasteiger partial charge in [-0.1, -0.05) is 59.7 Å². The van der Waals surface area contributed by atoms with E-state index in [0.29, 0.717) is 8.58 Å². The molecule has 3 nitrogen and oxygen atoms in total. The van der Waals surface area contributed by atoms with Crippen molar-refractivity contribution in [3.8, 4) is 5.75 Å². The van der Waals surface area contributed by atoms with Crippen molar-refractivity contribution < 1.29 is 9.47 Å². The van der Waals surface area contributed by atoms with Gasteiger partial charge in [-0.05, 0) is 61.2 Å². The number of benzene rings is 2. The SMILES string of the molecule is COCOc1c(C)cc(C(C)(C)C)cc1Pc1ccccc1CNC(C)(C)C. The molecule has 0 fully saturated rings. The summed E-state index contributed by atoms with van der Waals surface area (Å²) in [5, 5.41) is 6.21. The Kier molecular flexibility index (Phi) is 7.67. The molecule has 2 aromatic carbocycles. The summed E-state index contributed by atoms with van der Waals surface area (Å²) in [5.74, 6) is 0.951. The van der Waals surface area contributed by atoms with Crippen LogP contribution in [0.5, 0.6) is 5.75 Å². The highest BCUT2D eigenvalue weighted by atomic mass is 31.1. The van der Waals surface area contributed by atoms with Crippen LogP contribution in [0.25, 0.3) is 0 Å². The molecule has 0 aliphatic heterocycles. The van der Waals surface area contributed by atoms with Gasteiger partial charge in [-0.15, -0.1) is 0 Å². The molecule has 0 aliphatic carbocycles. The minimum absolute atomic E-state index is 0.0890. The van der Waals surface area contributed by atoms with E-state index in [9.17, 15) is 0 Å². The van der Waals surface area contributed by atoms with Gasteiger partial charge >= 0.3 is 0 Å². The van der Waals surface area contributed by atoms with Gasteiger partial charge in [0.1, 0.15) is 5.75 Å². The number of rotatable bonds is 7. The van der Waals surface area contributed by atoms with E-state index in [-0.39, 0.29) is 17.7 Å². The van der Waals surface area contributed by atoms with Gasteiger partial charge in [0, 0.05) is 24.5 Å². The normalized spacial score (nSPS) is 12.7. The molecule has 0 aliphatic rings. The largest absolute Gasteiger partial charge is 0.467 e. The molecule has 0 spiro atoms. The maximum Gasteiger partial charge on any atom is 0.188 e. The van der Waals surface area contributed by atoms with Crippen LogP contribution in [-0.4, -0.2) is 19.4 Å². The van der Waals surface area contributed by atoms with Crippen LogP contribution < -0.4 is 20.7 Å². The van der Waals surface area contributed by atoms with Crippen LogP contribution >= 0.6 is 8.58 Å². The van der Waals surface area contributed by atoms with Crippen molar-refractivity contribution in [1.82, 2.24) is 5.32 Å². The molecule has 28 heavy (non-hydrogen) atoms. The second-order valence-electron chi connectivity index (χ2n) is 9.36. The minimum Gasteiger partial charge on any atom is -0.467 e. The molecule has 1 N–H and O–H groups in total. The number of ether oxygens (including phenoxy) is 2. The predicted octanol–water partition coefficient (Wildman–Crippen LogP) is 4.79. The number of aryl methyl sites for hydroxylation is 1. The summed E-state index contributed by atoms with van der Waals surface area (Å²) in [4.78, 5) is 0. The molecular formula is C24H36NO2P. The van der Waals surface area contributed by atoms with Gasteiger partial charge in [-0.2, -0.15) is 0 Å². The van der Waals surface area contributed by atoms with Gasteiger partial charge in [0.25, 0.3) is 0 Å². The molecule has 1 unspecified atom stereocenters. The quantitative estimate of drug-likeness (QED) is 0.534. The van der Waals surface area contributed by atoms with Crippen molar-refractivity contribution in [2.24, 2.45) is 0 Å². The fraction of sp³-hybridized carbons (Fsp3) is 0.500. The summed E-state index contributed by atoms with van der Waals surface area (Å²) in [5.41, 5.74) is 4.02. The Labute approximate surface area is 173 Å². The number of methoxy groups -OCH3 is 1. The lowest BCUT2D eigenvalue weighted by molar-refractivity contribution is 0.0514. The molecule has 0 bridgehead atoms. The van der Waals surface area contributed by atoms with Crippen LogP contribution in [0.4, 0.5) is 0 Å². The Morgan fingerprint density at radius 2 is 1.64 bits per heavy atom. The lowest BCUT2D eigenvalue weighted by Gasteiger charge is -2.24. The van der Waals surface area contributed by atoms with Crippen LogP contribution in [0, 0.1) is 6.92 Å². The smallest absolute Gasteiger partial charge is 0.188 e. The van der Waals surface area contributed by atoms with Crippen molar-refractivity contribution in [3.05, 3.63) is 53.1 Å². The van der Waals surface area contributed by atoms with Crippen LogP contribution in [0.15, 0.2) is 36.4 Å². The van der Waals surface area contributed by atoms with Gasteiger partial charge < -0.3 is 14.8 Å². The minimum atomic E-state index is 0.0890. The third-order valence-corrected chi connectivity index (χ3v) is 5.96. The van der Waals surface area contributed by atoms with Crippen LogP contribution in [0.3, 0.4) is 0 Å². The maximum atomic E-state index is 5.98. The average molecular weight is 402 g/mol. The molecule has 1 atom stereocenters. The summed E-state index contributed by atoms with van der Waals surface area (Å²) in [6, 6.07) is 13.2. The van der Waals surface area contributed by atoms with E-state index in [2.05, 4.69) is 90.2 Å². The number of hydrogen-bond acceptors (Lipinski definition) is 3. The fourth-order valence-electron chi connectivity index (χ4n) is 2.91. The standard InChI is InChI=1S/C24H36NO2P/c1-17-13-19(23(2,3)4)14-21(22(17)27-16-26-8)28-20-12-10-9-11-18(20)15-25-24(5,6)7/h9-14,25,28H,15-16H2,1-8H3. The van der Waals surface area contributed by atoms with Crippen LogP contribution in [0.2, 0.25) is 0 Å². The second-order valence-corrected chi connectivity index (χ2v) is 10.7. The molecule has 0 heterocycles. The first kappa shape index (κ1) is 22.9. The van der Waals surface area contributed by atoms with Crippen LogP contribution in [0.1, 0.15) is 58.2 Å². The third-order valence-electron chi connectivity index (χ3n) is 4.56. The highest BCUT2D eigenvalue weighted by molar-refractivity contribution is 7.55. The Bertz CT molecular complexity index is 788. The summed E-state index contributed by atoms with van der Waals surface area (Å²) < 4.78 is 11.2. The topological polar surface area (TPSA) is 30.5 Å². The highest BCUT2D eigenvalue weighted by Gasteiger charge is 2.19. The predicted molar refractivity (Wildman–Crippen MR) is 123 cm³/mol. The fourth-order valence-corrected chi connectivity index (χ4v) is 4.32. The van der Waals surface area contributed by atoms with E-state index in [1.54, 1.807) is 7.11 Å². The van der Waals surface area contributed by atoms with Gasteiger partial charge in [-0.25, -0.2) is 0 Å². The van der Waals surface area contributed by atoms with Crippen molar-refractivity contribution in [2.75, 3.05) is 13.9 Å².